The summed E-state index contributed by atoms with van der Waals surface area (Å²) in [5.74, 6) is 2.43. The van der Waals surface area contributed by atoms with Gasteiger partial charge in [0, 0.05) is 26.2 Å². The summed E-state index contributed by atoms with van der Waals surface area (Å²) in [5.41, 5.74) is 0.418. The first-order valence-electron chi connectivity index (χ1n) is 13.9. The van der Waals surface area contributed by atoms with Gasteiger partial charge in [0.25, 0.3) is 0 Å². The minimum absolute atomic E-state index is 0.0134. The van der Waals surface area contributed by atoms with E-state index in [0.717, 1.165) is 32.1 Å². The van der Waals surface area contributed by atoms with E-state index < -0.39 is 0 Å². The predicted octanol–water partition coefficient (Wildman–Crippen LogP) is 5.71. The maximum absolute atomic E-state index is 12.2. The molecule has 4 fully saturated rings. The summed E-state index contributed by atoms with van der Waals surface area (Å²) in [6.07, 6.45) is 9.80. The van der Waals surface area contributed by atoms with Gasteiger partial charge >= 0.3 is 17.9 Å². The molecule has 10 atom stereocenters. The van der Waals surface area contributed by atoms with E-state index in [1.54, 1.807) is 6.92 Å². The average Bonchev–Trinajstić information content (AvgIpc) is 3.14. The monoisotopic (exact) mass is 490 g/mol. The van der Waals surface area contributed by atoms with E-state index in [0.29, 0.717) is 41.9 Å². The summed E-state index contributed by atoms with van der Waals surface area (Å²) in [4.78, 5) is 35.6. The van der Waals surface area contributed by atoms with E-state index in [1.165, 1.54) is 39.7 Å². The molecular weight excluding hydrogens is 444 g/mol. The molecule has 0 aromatic heterocycles. The molecule has 0 bridgehead atoms. The fourth-order valence-corrected chi connectivity index (χ4v) is 9.46. The van der Waals surface area contributed by atoms with Gasteiger partial charge in [-0.2, -0.15) is 0 Å². The number of hydrogen-bond donors (Lipinski definition) is 0. The molecule has 0 spiro atoms. The van der Waals surface area contributed by atoms with E-state index in [9.17, 15) is 14.4 Å². The summed E-state index contributed by atoms with van der Waals surface area (Å²) < 4.78 is 16.6. The van der Waals surface area contributed by atoms with Crippen LogP contribution < -0.4 is 0 Å². The van der Waals surface area contributed by atoms with Crippen LogP contribution in [-0.4, -0.2) is 37.2 Å². The highest BCUT2D eigenvalue weighted by Crippen LogP contribution is 2.68. The number of methoxy groups -OCH3 is 1. The lowest BCUT2D eigenvalue weighted by Crippen LogP contribution is -2.59. The second kappa shape index (κ2) is 10.0. The van der Waals surface area contributed by atoms with Crippen LogP contribution in [0.3, 0.4) is 0 Å². The van der Waals surface area contributed by atoms with Gasteiger partial charge in [-0.05, 0) is 98.2 Å². The van der Waals surface area contributed by atoms with E-state index >= 15 is 0 Å². The van der Waals surface area contributed by atoms with Crippen molar-refractivity contribution in [1.29, 1.82) is 0 Å². The lowest BCUT2D eigenvalue weighted by atomic mass is 9.43. The molecule has 35 heavy (non-hydrogen) atoms. The van der Waals surface area contributed by atoms with Crippen molar-refractivity contribution in [3.8, 4) is 0 Å². The first kappa shape index (κ1) is 26.5. The van der Waals surface area contributed by atoms with E-state index in [1.807, 2.05) is 0 Å². The molecule has 6 heteroatoms. The number of rotatable bonds is 6. The van der Waals surface area contributed by atoms with Gasteiger partial charge in [0.2, 0.25) is 0 Å². The summed E-state index contributed by atoms with van der Waals surface area (Å²) in [7, 11) is 1.47. The van der Waals surface area contributed by atoms with Crippen molar-refractivity contribution >= 4 is 17.9 Å². The molecule has 6 nitrogen and oxygen atoms in total. The molecule has 0 radical (unpaired) electrons. The zero-order valence-corrected chi connectivity index (χ0v) is 22.6. The Kier molecular flexibility index (Phi) is 7.60. The largest absolute Gasteiger partial charge is 0.469 e. The zero-order chi connectivity index (χ0) is 25.5. The minimum atomic E-state index is -0.199. The van der Waals surface area contributed by atoms with Crippen LogP contribution in [0.15, 0.2) is 0 Å². The number of esters is 3. The quantitative estimate of drug-likeness (QED) is 0.351. The second-order valence-electron chi connectivity index (χ2n) is 12.7. The van der Waals surface area contributed by atoms with Crippen molar-refractivity contribution in [2.24, 2.45) is 46.3 Å². The third kappa shape index (κ3) is 4.87. The molecule has 0 N–H and O–H groups in total. The van der Waals surface area contributed by atoms with E-state index in [4.69, 9.17) is 14.2 Å². The van der Waals surface area contributed by atoms with E-state index in [-0.39, 0.29) is 40.9 Å². The van der Waals surface area contributed by atoms with Crippen molar-refractivity contribution in [2.75, 3.05) is 7.11 Å². The van der Waals surface area contributed by atoms with Gasteiger partial charge in [-0.1, -0.05) is 20.8 Å². The minimum Gasteiger partial charge on any atom is -0.469 e. The van der Waals surface area contributed by atoms with Crippen molar-refractivity contribution < 1.29 is 28.6 Å². The molecule has 0 unspecified atom stereocenters. The molecule has 4 aliphatic carbocycles. The van der Waals surface area contributed by atoms with Crippen LogP contribution in [0.25, 0.3) is 0 Å². The Hall–Kier alpha value is -1.59. The molecule has 0 heterocycles. The Bertz CT molecular complexity index is 824. The van der Waals surface area contributed by atoms with Crippen LogP contribution in [0, 0.1) is 46.3 Å². The zero-order valence-electron chi connectivity index (χ0n) is 22.6. The fraction of sp³-hybridized carbons (Fsp3) is 0.897. The van der Waals surface area contributed by atoms with Crippen LogP contribution >= 0.6 is 0 Å². The van der Waals surface area contributed by atoms with Gasteiger partial charge in [0.05, 0.1) is 7.11 Å². The van der Waals surface area contributed by atoms with Crippen LogP contribution in [0.5, 0.6) is 0 Å². The van der Waals surface area contributed by atoms with E-state index in [2.05, 4.69) is 20.8 Å². The number of fused-ring (bicyclic) bond motifs is 5. The number of carbonyl (C=O) groups is 3. The number of hydrogen-bond acceptors (Lipinski definition) is 6. The third-order valence-electron chi connectivity index (χ3n) is 11.1. The van der Waals surface area contributed by atoms with Gasteiger partial charge in [0.15, 0.2) is 0 Å². The summed E-state index contributed by atoms with van der Waals surface area (Å²) in [5, 5.41) is 0. The van der Waals surface area contributed by atoms with Gasteiger partial charge in [0.1, 0.15) is 12.2 Å². The Balaban J connectivity index is 1.57. The Morgan fingerprint density at radius 3 is 2.20 bits per heavy atom. The van der Waals surface area contributed by atoms with Crippen LogP contribution in [-0.2, 0) is 28.6 Å². The third-order valence-corrected chi connectivity index (χ3v) is 11.1. The average molecular weight is 491 g/mol. The number of ether oxygens (including phenoxy) is 3. The van der Waals surface area contributed by atoms with Gasteiger partial charge in [-0.3, -0.25) is 14.4 Å². The molecule has 4 saturated carbocycles. The first-order chi connectivity index (χ1) is 16.5. The second-order valence-corrected chi connectivity index (χ2v) is 12.7. The highest BCUT2D eigenvalue weighted by atomic mass is 16.5. The van der Waals surface area contributed by atoms with Crippen molar-refractivity contribution in [3.63, 3.8) is 0 Å². The molecule has 198 valence electrons. The summed E-state index contributed by atoms with van der Waals surface area (Å²) >= 11 is 0. The molecule has 4 aliphatic rings. The lowest BCUT2D eigenvalue weighted by molar-refractivity contribution is -0.197. The normalized spacial score (nSPS) is 43.2. The first-order valence-corrected chi connectivity index (χ1v) is 13.9. The molecule has 0 aromatic rings. The lowest BCUT2D eigenvalue weighted by Gasteiger charge is -2.62. The molecule has 0 aromatic carbocycles. The van der Waals surface area contributed by atoms with Crippen molar-refractivity contribution in [3.05, 3.63) is 0 Å². The molecule has 0 aliphatic heterocycles. The fourth-order valence-electron chi connectivity index (χ4n) is 9.46. The van der Waals surface area contributed by atoms with Crippen molar-refractivity contribution in [1.82, 2.24) is 0 Å². The smallest absolute Gasteiger partial charge is 0.305 e. The standard InChI is InChI=1S/C29H46O6/c1-17(7-10-26(32)33-6)22-8-9-23-27-24(12-14-29(22,23)5)28(4)13-11-21(34-18(2)30)15-20(28)16-25(27)35-19(3)31/h17,20-25,27H,7-16H2,1-6H3/t17-,20-,21+,22+,23-,24-,25+,27+,28-,29+/m0/s1. The molecule has 0 saturated heterocycles. The highest BCUT2D eigenvalue weighted by molar-refractivity contribution is 5.69. The Morgan fingerprint density at radius 2 is 1.54 bits per heavy atom. The summed E-state index contributed by atoms with van der Waals surface area (Å²) in [6, 6.07) is 0. The maximum Gasteiger partial charge on any atom is 0.305 e. The van der Waals surface area contributed by atoms with Crippen molar-refractivity contribution in [2.45, 2.75) is 111 Å². The molecular formula is C29H46O6. The predicted molar refractivity (Wildman–Crippen MR) is 132 cm³/mol. The SMILES string of the molecule is COC(=O)CC[C@H](C)[C@H]1CC[C@H]2[C@H]3[C@H](OC(C)=O)C[C@@H]4C[C@H](OC(C)=O)CC[C@]4(C)[C@H]3CC[C@]12C. The topological polar surface area (TPSA) is 78.9 Å². The Labute approximate surface area is 211 Å². The Morgan fingerprint density at radius 1 is 0.886 bits per heavy atom. The molecule has 0 amide bonds. The maximum atomic E-state index is 12.2. The van der Waals surface area contributed by atoms with Crippen LogP contribution in [0.1, 0.15) is 98.8 Å². The van der Waals surface area contributed by atoms with Gasteiger partial charge in [-0.25, -0.2) is 0 Å². The van der Waals surface area contributed by atoms with Crippen LogP contribution in [0.2, 0.25) is 0 Å². The molecule has 4 rings (SSSR count). The summed E-state index contributed by atoms with van der Waals surface area (Å²) in [6.45, 7) is 10.3. The highest BCUT2D eigenvalue weighted by Gasteiger charge is 2.63. The van der Waals surface area contributed by atoms with Gasteiger partial charge in [-0.15, -0.1) is 0 Å². The van der Waals surface area contributed by atoms with Crippen LogP contribution in [0.4, 0.5) is 0 Å². The number of carbonyl (C=O) groups excluding carboxylic acids is 3. The van der Waals surface area contributed by atoms with Gasteiger partial charge < -0.3 is 14.2 Å².